The summed E-state index contributed by atoms with van der Waals surface area (Å²) in [6.45, 7) is 0. The summed E-state index contributed by atoms with van der Waals surface area (Å²) in [5.41, 5.74) is 2.70. The first-order chi connectivity index (χ1) is 12.8. The lowest BCUT2D eigenvalue weighted by Gasteiger charge is -2.13. The van der Waals surface area contributed by atoms with E-state index in [9.17, 15) is 0 Å². The molecule has 0 aliphatic carbocycles. The molecule has 0 N–H and O–H groups in total. The highest BCUT2D eigenvalue weighted by Gasteiger charge is 2.09. The van der Waals surface area contributed by atoms with Gasteiger partial charge < -0.3 is 9.47 Å². The Kier molecular flexibility index (Phi) is 4.49. The average molecular weight is 342 g/mol. The second-order valence-electron chi connectivity index (χ2n) is 6.45. The van der Waals surface area contributed by atoms with Crippen LogP contribution >= 0.6 is 0 Å². The fourth-order valence-electron chi connectivity index (χ4n) is 3.73. The summed E-state index contributed by atoms with van der Waals surface area (Å²) in [6, 6.07) is 25.4. The maximum Gasteiger partial charge on any atom is 0.126 e. The zero-order valence-corrected chi connectivity index (χ0v) is 15.2. The standard InChI is InChI=1S/C24H22O2/c1-25-23-15-13-17(19-7-3-5-9-21(19)23)11-12-18-14-16-24(26-2)22-10-6-4-8-20(18)22/h3-10,13-16H,11-12H2,1-2H3. The van der Waals surface area contributed by atoms with Crippen molar-refractivity contribution in [2.75, 3.05) is 14.2 Å². The van der Waals surface area contributed by atoms with Crippen molar-refractivity contribution in [1.82, 2.24) is 0 Å². The van der Waals surface area contributed by atoms with Crippen LogP contribution in [0.5, 0.6) is 11.5 Å². The highest BCUT2D eigenvalue weighted by molar-refractivity contribution is 5.92. The van der Waals surface area contributed by atoms with Crippen molar-refractivity contribution in [2.24, 2.45) is 0 Å². The van der Waals surface area contributed by atoms with E-state index in [1.165, 1.54) is 32.7 Å². The lowest BCUT2D eigenvalue weighted by molar-refractivity contribution is 0.419. The van der Waals surface area contributed by atoms with Gasteiger partial charge in [0.2, 0.25) is 0 Å². The van der Waals surface area contributed by atoms with Crippen LogP contribution in [-0.4, -0.2) is 14.2 Å². The van der Waals surface area contributed by atoms with Gasteiger partial charge in [-0.2, -0.15) is 0 Å². The van der Waals surface area contributed by atoms with Crippen molar-refractivity contribution >= 4 is 21.5 Å². The van der Waals surface area contributed by atoms with Crippen LogP contribution in [0.2, 0.25) is 0 Å². The van der Waals surface area contributed by atoms with Gasteiger partial charge in [-0.25, -0.2) is 0 Å². The van der Waals surface area contributed by atoms with Crippen LogP contribution in [0, 0.1) is 0 Å². The first kappa shape index (κ1) is 16.5. The van der Waals surface area contributed by atoms with Gasteiger partial charge in [-0.05, 0) is 46.9 Å². The van der Waals surface area contributed by atoms with Crippen LogP contribution in [0.1, 0.15) is 11.1 Å². The molecule has 0 aliphatic heterocycles. The van der Waals surface area contributed by atoms with Gasteiger partial charge in [0, 0.05) is 10.8 Å². The summed E-state index contributed by atoms with van der Waals surface area (Å²) in [7, 11) is 3.45. The minimum absolute atomic E-state index is 0.930. The fraction of sp³-hybridized carbons (Fsp3) is 0.167. The Labute approximate surface area is 154 Å². The Bertz CT molecular complexity index is 979. The van der Waals surface area contributed by atoms with E-state index in [0.717, 1.165) is 24.3 Å². The molecule has 2 heteroatoms. The topological polar surface area (TPSA) is 18.5 Å². The zero-order chi connectivity index (χ0) is 17.9. The number of aryl methyl sites for hydroxylation is 2. The number of benzene rings is 4. The summed E-state index contributed by atoms with van der Waals surface area (Å²) in [6.07, 6.45) is 1.97. The molecule has 2 nitrogen and oxygen atoms in total. The molecule has 0 atom stereocenters. The van der Waals surface area contributed by atoms with E-state index in [2.05, 4.69) is 72.8 Å². The van der Waals surface area contributed by atoms with E-state index in [1.54, 1.807) is 14.2 Å². The van der Waals surface area contributed by atoms with E-state index in [0.29, 0.717) is 0 Å². The van der Waals surface area contributed by atoms with Gasteiger partial charge in [0.05, 0.1) is 14.2 Å². The molecule has 4 aromatic rings. The number of ether oxygens (including phenoxy) is 2. The number of hydrogen-bond donors (Lipinski definition) is 0. The number of rotatable bonds is 5. The third-order valence-electron chi connectivity index (χ3n) is 5.05. The molecule has 0 spiro atoms. The fourth-order valence-corrected chi connectivity index (χ4v) is 3.73. The first-order valence-electron chi connectivity index (χ1n) is 8.91. The van der Waals surface area contributed by atoms with Crippen molar-refractivity contribution in [3.05, 3.63) is 83.9 Å². The van der Waals surface area contributed by atoms with E-state index in [1.807, 2.05) is 0 Å². The van der Waals surface area contributed by atoms with Crippen LogP contribution < -0.4 is 9.47 Å². The van der Waals surface area contributed by atoms with Gasteiger partial charge in [0.15, 0.2) is 0 Å². The third kappa shape index (κ3) is 2.88. The molecule has 4 rings (SSSR count). The molecular weight excluding hydrogens is 320 g/mol. The lowest BCUT2D eigenvalue weighted by atomic mass is 9.95. The molecule has 0 saturated carbocycles. The summed E-state index contributed by atoms with van der Waals surface area (Å²) in [4.78, 5) is 0. The number of hydrogen-bond acceptors (Lipinski definition) is 2. The summed E-state index contributed by atoms with van der Waals surface area (Å²) in [5.74, 6) is 1.86. The minimum atomic E-state index is 0.930. The Morgan fingerprint density at radius 2 is 0.885 bits per heavy atom. The van der Waals surface area contributed by atoms with E-state index in [-0.39, 0.29) is 0 Å². The Hall–Kier alpha value is -3.00. The monoisotopic (exact) mass is 342 g/mol. The summed E-state index contributed by atoms with van der Waals surface area (Å²) < 4.78 is 11.0. The molecule has 0 radical (unpaired) electrons. The van der Waals surface area contributed by atoms with Gasteiger partial charge in [-0.1, -0.05) is 60.7 Å². The van der Waals surface area contributed by atoms with Crippen LogP contribution in [0.15, 0.2) is 72.8 Å². The molecule has 0 fully saturated rings. The highest BCUT2D eigenvalue weighted by Crippen LogP contribution is 2.31. The molecule has 0 saturated heterocycles. The van der Waals surface area contributed by atoms with Crippen molar-refractivity contribution < 1.29 is 9.47 Å². The molecule has 26 heavy (non-hydrogen) atoms. The SMILES string of the molecule is COc1ccc(CCc2ccc(OC)c3ccccc23)c2ccccc12. The average Bonchev–Trinajstić information content (AvgIpc) is 2.71. The molecule has 0 unspecified atom stereocenters. The minimum Gasteiger partial charge on any atom is -0.496 e. The Morgan fingerprint density at radius 1 is 0.500 bits per heavy atom. The quantitative estimate of drug-likeness (QED) is 0.457. The molecular formula is C24H22O2. The van der Waals surface area contributed by atoms with Crippen LogP contribution in [0.3, 0.4) is 0 Å². The second kappa shape index (κ2) is 7.09. The predicted molar refractivity (Wildman–Crippen MR) is 108 cm³/mol. The zero-order valence-electron chi connectivity index (χ0n) is 15.2. The molecule has 4 aromatic carbocycles. The van der Waals surface area contributed by atoms with Gasteiger partial charge >= 0.3 is 0 Å². The van der Waals surface area contributed by atoms with E-state index >= 15 is 0 Å². The second-order valence-corrected chi connectivity index (χ2v) is 6.45. The Balaban J connectivity index is 1.71. The molecule has 0 aliphatic rings. The van der Waals surface area contributed by atoms with Crippen LogP contribution in [-0.2, 0) is 12.8 Å². The molecule has 0 bridgehead atoms. The van der Waals surface area contributed by atoms with E-state index in [4.69, 9.17) is 9.47 Å². The van der Waals surface area contributed by atoms with Crippen LogP contribution in [0.4, 0.5) is 0 Å². The molecule has 0 amide bonds. The number of methoxy groups -OCH3 is 2. The maximum absolute atomic E-state index is 5.51. The first-order valence-corrected chi connectivity index (χ1v) is 8.91. The van der Waals surface area contributed by atoms with Crippen molar-refractivity contribution in [2.45, 2.75) is 12.8 Å². The molecule has 0 aromatic heterocycles. The third-order valence-corrected chi connectivity index (χ3v) is 5.05. The van der Waals surface area contributed by atoms with E-state index < -0.39 is 0 Å². The Morgan fingerprint density at radius 3 is 1.27 bits per heavy atom. The maximum atomic E-state index is 5.51. The highest BCUT2D eigenvalue weighted by atomic mass is 16.5. The normalized spacial score (nSPS) is 11.0. The van der Waals surface area contributed by atoms with Crippen molar-refractivity contribution in [3.8, 4) is 11.5 Å². The van der Waals surface area contributed by atoms with Crippen molar-refractivity contribution in [1.29, 1.82) is 0 Å². The van der Waals surface area contributed by atoms with Crippen LogP contribution in [0.25, 0.3) is 21.5 Å². The van der Waals surface area contributed by atoms with Gasteiger partial charge in [-0.3, -0.25) is 0 Å². The smallest absolute Gasteiger partial charge is 0.126 e. The lowest BCUT2D eigenvalue weighted by Crippen LogP contribution is -1.96. The molecule has 0 heterocycles. The van der Waals surface area contributed by atoms with Gasteiger partial charge in [-0.15, -0.1) is 0 Å². The summed E-state index contributed by atoms with van der Waals surface area (Å²) in [5, 5.41) is 4.88. The van der Waals surface area contributed by atoms with Gasteiger partial charge in [0.25, 0.3) is 0 Å². The van der Waals surface area contributed by atoms with Gasteiger partial charge in [0.1, 0.15) is 11.5 Å². The van der Waals surface area contributed by atoms with Crippen molar-refractivity contribution in [3.63, 3.8) is 0 Å². The number of fused-ring (bicyclic) bond motifs is 2. The largest absolute Gasteiger partial charge is 0.496 e. The molecule has 130 valence electrons. The summed E-state index contributed by atoms with van der Waals surface area (Å²) >= 11 is 0. The predicted octanol–water partition coefficient (Wildman–Crippen LogP) is 5.80.